The molecule has 2 fully saturated rings. The summed E-state index contributed by atoms with van der Waals surface area (Å²) < 4.78 is 0. The van der Waals surface area contributed by atoms with Gasteiger partial charge < -0.3 is 5.73 Å². The van der Waals surface area contributed by atoms with Crippen LogP contribution in [0.25, 0.3) is 0 Å². The topological polar surface area (TPSA) is 32.5 Å². The highest BCUT2D eigenvalue weighted by molar-refractivity contribution is 7.99. The van der Waals surface area contributed by atoms with Crippen molar-refractivity contribution >= 4 is 11.8 Å². The Balaban J connectivity index is 1.75. The summed E-state index contributed by atoms with van der Waals surface area (Å²) in [6, 6.07) is 1.43. The lowest BCUT2D eigenvalue weighted by Crippen LogP contribution is -2.44. The van der Waals surface area contributed by atoms with E-state index in [0.29, 0.717) is 6.04 Å². The molecule has 0 aliphatic carbocycles. The molecular formula is C15H31N3S. The molecule has 2 rings (SSSR count). The lowest BCUT2D eigenvalue weighted by atomic mass is 10.1. The summed E-state index contributed by atoms with van der Waals surface area (Å²) in [6.07, 6.45) is 6.87. The second-order valence-electron chi connectivity index (χ2n) is 5.91. The van der Waals surface area contributed by atoms with Gasteiger partial charge in [0.15, 0.2) is 0 Å². The second-order valence-corrected chi connectivity index (χ2v) is 7.30. The fourth-order valence-electron chi connectivity index (χ4n) is 3.49. The molecule has 0 saturated carbocycles. The van der Waals surface area contributed by atoms with E-state index in [4.69, 9.17) is 5.73 Å². The van der Waals surface area contributed by atoms with Crippen molar-refractivity contribution in [3.8, 4) is 0 Å². The highest BCUT2D eigenvalue weighted by atomic mass is 32.2. The third-order valence-corrected chi connectivity index (χ3v) is 5.62. The molecule has 0 amide bonds. The quantitative estimate of drug-likeness (QED) is 0.725. The predicted octanol–water partition coefficient (Wildman–Crippen LogP) is 2.02. The fraction of sp³-hybridized carbons (Fsp3) is 1.00. The molecular weight excluding hydrogens is 254 g/mol. The van der Waals surface area contributed by atoms with Gasteiger partial charge in [-0.25, -0.2) is 0 Å². The number of thioether (sulfide) groups is 1. The van der Waals surface area contributed by atoms with Crippen molar-refractivity contribution in [2.45, 2.75) is 51.1 Å². The summed E-state index contributed by atoms with van der Waals surface area (Å²) in [6.45, 7) is 8.26. The monoisotopic (exact) mass is 285 g/mol. The van der Waals surface area contributed by atoms with Crippen molar-refractivity contribution < 1.29 is 0 Å². The van der Waals surface area contributed by atoms with Crippen LogP contribution in [0.1, 0.15) is 39.0 Å². The van der Waals surface area contributed by atoms with E-state index in [1.165, 1.54) is 69.8 Å². The van der Waals surface area contributed by atoms with Crippen LogP contribution in [-0.4, -0.2) is 66.1 Å². The maximum absolute atomic E-state index is 5.99. The highest BCUT2D eigenvalue weighted by Gasteiger charge is 2.31. The Labute approximate surface area is 123 Å². The summed E-state index contributed by atoms with van der Waals surface area (Å²) in [5, 5.41) is 0. The zero-order chi connectivity index (χ0) is 13.5. The Kier molecular flexibility index (Phi) is 6.99. The molecule has 2 unspecified atom stereocenters. The summed E-state index contributed by atoms with van der Waals surface area (Å²) >= 11 is 2.05. The van der Waals surface area contributed by atoms with Gasteiger partial charge in [0, 0.05) is 31.7 Å². The Morgan fingerprint density at radius 3 is 2.68 bits per heavy atom. The van der Waals surface area contributed by atoms with E-state index in [1.807, 2.05) is 11.8 Å². The third-order valence-electron chi connectivity index (χ3n) is 4.69. The smallest absolute Gasteiger partial charge is 0.0235 e. The number of hydrogen-bond acceptors (Lipinski definition) is 4. The number of likely N-dealkylation sites (tertiary alicyclic amines) is 2. The van der Waals surface area contributed by atoms with E-state index in [9.17, 15) is 0 Å². The Hall–Kier alpha value is 0.230. The Morgan fingerprint density at radius 1 is 1.21 bits per heavy atom. The van der Waals surface area contributed by atoms with Crippen LogP contribution >= 0.6 is 11.8 Å². The van der Waals surface area contributed by atoms with Gasteiger partial charge >= 0.3 is 0 Å². The molecule has 2 heterocycles. The molecule has 0 aromatic carbocycles. The molecule has 2 aliphatic heterocycles. The molecule has 19 heavy (non-hydrogen) atoms. The van der Waals surface area contributed by atoms with E-state index in [2.05, 4.69) is 16.7 Å². The van der Waals surface area contributed by atoms with Gasteiger partial charge in [0.1, 0.15) is 0 Å². The van der Waals surface area contributed by atoms with E-state index in [-0.39, 0.29) is 0 Å². The van der Waals surface area contributed by atoms with Gasteiger partial charge in [0.25, 0.3) is 0 Å². The highest BCUT2D eigenvalue weighted by Crippen LogP contribution is 2.22. The molecule has 2 aliphatic rings. The predicted molar refractivity (Wildman–Crippen MR) is 85.9 cm³/mol. The van der Waals surface area contributed by atoms with Crippen LogP contribution in [0.2, 0.25) is 0 Å². The summed E-state index contributed by atoms with van der Waals surface area (Å²) in [5.74, 6) is 2.50. The van der Waals surface area contributed by atoms with Crippen LogP contribution in [0.15, 0.2) is 0 Å². The van der Waals surface area contributed by atoms with E-state index < -0.39 is 0 Å². The van der Waals surface area contributed by atoms with Crippen molar-refractivity contribution in [1.82, 2.24) is 9.80 Å². The van der Waals surface area contributed by atoms with Crippen molar-refractivity contribution in [3.05, 3.63) is 0 Å². The molecule has 0 aromatic rings. The van der Waals surface area contributed by atoms with E-state index in [1.54, 1.807) is 0 Å². The molecule has 3 nitrogen and oxygen atoms in total. The molecule has 2 atom stereocenters. The number of piperidine rings is 1. The van der Waals surface area contributed by atoms with Crippen molar-refractivity contribution in [2.24, 2.45) is 5.73 Å². The average molecular weight is 286 g/mol. The van der Waals surface area contributed by atoms with Gasteiger partial charge in [-0.3, -0.25) is 9.80 Å². The molecule has 4 heteroatoms. The van der Waals surface area contributed by atoms with Gasteiger partial charge in [-0.1, -0.05) is 13.3 Å². The number of nitrogens with zero attached hydrogens (tertiary/aromatic N) is 2. The fourth-order valence-corrected chi connectivity index (χ4v) is 4.22. The first kappa shape index (κ1) is 15.6. The van der Waals surface area contributed by atoms with Crippen molar-refractivity contribution in [3.63, 3.8) is 0 Å². The molecule has 2 saturated heterocycles. The first-order valence-electron chi connectivity index (χ1n) is 8.11. The average Bonchev–Trinajstić information content (AvgIpc) is 2.94. The van der Waals surface area contributed by atoms with E-state index in [0.717, 1.165) is 12.6 Å². The first-order chi connectivity index (χ1) is 9.35. The largest absolute Gasteiger partial charge is 0.329 e. The summed E-state index contributed by atoms with van der Waals surface area (Å²) in [5.41, 5.74) is 5.99. The van der Waals surface area contributed by atoms with E-state index >= 15 is 0 Å². The SMILES string of the molecule is CCSCCC(CN)N1CCC(N2CCCCC2)C1. The first-order valence-corrected chi connectivity index (χ1v) is 9.26. The lowest BCUT2D eigenvalue weighted by molar-refractivity contribution is 0.152. The van der Waals surface area contributed by atoms with Gasteiger partial charge in [0.2, 0.25) is 0 Å². The molecule has 112 valence electrons. The minimum Gasteiger partial charge on any atom is -0.329 e. The van der Waals surface area contributed by atoms with Crippen LogP contribution in [0, 0.1) is 0 Å². The number of hydrogen-bond donors (Lipinski definition) is 1. The minimum absolute atomic E-state index is 0.619. The molecule has 0 aromatic heterocycles. The van der Waals surface area contributed by atoms with Crippen molar-refractivity contribution in [1.29, 1.82) is 0 Å². The van der Waals surface area contributed by atoms with Crippen molar-refractivity contribution in [2.75, 3.05) is 44.2 Å². The summed E-state index contributed by atoms with van der Waals surface area (Å²) in [4.78, 5) is 5.40. The van der Waals surface area contributed by atoms with Gasteiger partial charge in [-0.15, -0.1) is 0 Å². The molecule has 0 radical (unpaired) electrons. The number of rotatable bonds is 7. The Bertz CT molecular complexity index is 244. The standard InChI is InChI=1S/C15H31N3S/c1-2-19-11-7-14(12-16)18-10-6-15(13-18)17-8-4-3-5-9-17/h14-15H,2-13,16H2,1H3. The third kappa shape index (κ3) is 4.62. The molecule has 2 N–H and O–H groups in total. The number of nitrogens with two attached hydrogens (primary N) is 1. The van der Waals surface area contributed by atoms with Crippen LogP contribution in [0.4, 0.5) is 0 Å². The van der Waals surface area contributed by atoms with Crippen LogP contribution < -0.4 is 5.73 Å². The summed E-state index contributed by atoms with van der Waals surface area (Å²) in [7, 11) is 0. The zero-order valence-corrected chi connectivity index (χ0v) is 13.3. The van der Waals surface area contributed by atoms with Crippen LogP contribution in [0.3, 0.4) is 0 Å². The molecule has 0 bridgehead atoms. The Morgan fingerprint density at radius 2 is 2.00 bits per heavy atom. The van der Waals surface area contributed by atoms with Gasteiger partial charge in [-0.05, 0) is 50.3 Å². The normalized spacial score (nSPS) is 27.8. The minimum atomic E-state index is 0.619. The van der Waals surface area contributed by atoms with Crippen LogP contribution in [0.5, 0.6) is 0 Å². The second kappa shape index (κ2) is 8.50. The van der Waals surface area contributed by atoms with Crippen LogP contribution in [-0.2, 0) is 0 Å². The molecule has 0 spiro atoms. The lowest BCUT2D eigenvalue weighted by Gasteiger charge is -2.33. The maximum atomic E-state index is 5.99. The van der Waals surface area contributed by atoms with Gasteiger partial charge in [0.05, 0.1) is 0 Å². The maximum Gasteiger partial charge on any atom is 0.0235 e. The zero-order valence-electron chi connectivity index (χ0n) is 12.5. The van der Waals surface area contributed by atoms with Gasteiger partial charge in [-0.2, -0.15) is 11.8 Å².